The maximum absolute atomic E-state index is 10.1. The summed E-state index contributed by atoms with van der Waals surface area (Å²) < 4.78 is -0.223. The fourth-order valence-corrected chi connectivity index (χ4v) is 6.92. The molecule has 0 spiro atoms. The molecule has 0 aromatic heterocycles. The van der Waals surface area contributed by atoms with Gasteiger partial charge in [-0.25, -0.2) is 0 Å². The number of thioether (sulfide) groups is 2. The fraction of sp³-hybridized carbons (Fsp3) is 0.280. The molecule has 29 heavy (non-hydrogen) atoms. The van der Waals surface area contributed by atoms with Crippen LogP contribution in [0.25, 0.3) is 0 Å². The molecule has 1 saturated heterocycles. The van der Waals surface area contributed by atoms with Crippen LogP contribution in [0.5, 0.6) is 0 Å². The van der Waals surface area contributed by atoms with Gasteiger partial charge in [-0.05, 0) is 53.7 Å². The minimum Gasteiger partial charge on any atom is -0.394 e. The lowest BCUT2D eigenvalue weighted by Gasteiger charge is -2.36. The van der Waals surface area contributed by atoms with Gasteiger partial charge < -0.3 is 10.4 Å². The van der Waals surface area contributed by atoms with Crippen molar-refractivity contribution >= 4 is 29.2 Å². The lowest BCUT2D eigenvalue weighted by molar-refractivity contribution is 0.285. The molecule has 0 bridgehead atoms. The predicted molar refractivity (Wildman–Crippen MR) is 128 cm³/mol. The van der Waals surface area contributed by atoms with Crippen molar-refractivity contribution in [1.82, 2.24) is 0 Å². The first-order chi connectivity index (χ1) is 14.2. The number of nitrogens with one attached hydrogen (secondary N) is 1. The van der Waals surface area contributed by atoms with Gasteiger partial charge in [-0.3, -0.25) is 0 Å². The van der Waals surface area contributed by atoms with Gasteiger partial charge in [0.1, 0.15) is 4.08 Å². The number of anilines is 1. The largest absolute Gasteiger partial charge is 0.394 e. The fourth-order valence-electron chi connectivity index (χ4n) is 3.87. The van der Waals surface area contributed by atoms with Crippen LogP contribution in [0.2, 0.25) is 0 Å². The summed E-state index contributed by atoms with van der Waals surface area (Å²) in [7, 11) is 0. The lowest BCUT2D eigenvalue weighted by Crippen LogP contribution is -2.33. The molecule has 1 heterocycles. The third-order valence-corrected chi connectivity index (χ3v) is 8.94. The van der Waals surface area contributed by atoms with Crippen molar-refractivity contribution in [3.8, 4) is 0 Å². The van der Waals surface area contributed by atoms with Crippen LogP contribution in [-0.2, 0) is 9.62 Å². The summed E-state index contributed by atoms with van der Waals surface area (Å²) in [4.78, 5) is 0. The summed E-state index contributed by atoms with van der Waals surface area (Å²) in [5.74, 6) is 2.21. The van der Waals surface area contributed by atoms with Gasteiger partial charge in [0.05, 0.1) is 12.1 Å². The highest BCUT2D eigenvalue weighted by molar-refractivity contribution is 8.18. The number of hydrogen-bond donors (Lipinski definition) is 2. The average Bonchev–Trinajstić information content (AvgIpc) is 2.81. The van der Waals surface area contributed by atoms with E-state index >= 15 is 0 Å². The first-order valence-electron chi connectivity index (χ1n) is 10.0. The van der Waals surface area contributed by atoms with Gasteiger partial charge in [-0.2, -0.15) is 0 Å². The van der Waals surface area contributed by atoms with Gasteiger partial charge in [0.15, 0.2) is 0 Å². The van der Waals surface area contributed by atoms with Crippen LogP contribution in [0.3, 0.4) is 0 Å². The van der Waals surface area contributed by atoms with Crippen LogP contribution in [0.4, 0.5) is 5.69 Å². The molecule has 0 atom stereocenters. The van der Waals surface area contributed by atoms with Crippen LogP contribution >= 0.6 is 23.5 Å². The molecule has 2 N–H and O–H groups in total. The summed E-state index contributed by atoms with van der Waals surface area (Å²) in [6, 6.07) is 29.8. The molecule has 4 rings (SSSR count). The number of rotatable bonds is 6. The lowest BCUT2D eigenvalue weighted by atomic mass is 9.84. The smallest absolute Gasteiger partial charge is 0.109 e. The Balaban J connectivity index is 1.65. The minimum absolute atomic E-state index is 0.168. The second kappa shape index (κ2) is 8.86. The first-order valence-corrected chi connectivity index (χ1v) is 12.0. The molecule has 4 heteroatoms. The van der Waals surface area contributed by atoms with Gasteiger partial charge in [0.25, 0.3) is 0 Å². The highest BCUT2D eigenvalue weighted by atomic mass is 32.2. The molecule has 0 unspecified atom stereocenters. The Hall–Kier alpha value is -1.88. The summed E-state index contributed by atoms with van der Waals surface area (Å²) in [5.41, 5.74) is 4.37. The molecule has 2 nitrogen and oxygen atoms in total. The van der Waals surface area contributed by atoms with E-state index in [1.807, 2.05) is 23.5 Å². The van der Waals surface area contributed by atoms with Crippen molar-refractivity contribution in [2.45, 2.75) is 23.0 Å². The maximum atomic E-state index is 10.1. The Morgan fingerprint density at radius 3 is 1.83 bits per heavy atom. The van der Waals surface area contributed by atoms with E-state index in [1.54, 1.807) is 0 Å². The minimum atomic E-state index is -0.340. The van der Waals surface area contributed by atoms with Crippen molar-refractivity contribution in [3.63, 3.8) is 0 Å². The van der Waals surface area contributed by atoms with Crippen LogP contribution in [0, 0.1) is 0 Å². The van der Waals surface area contributed by atoms with E-state index < -0.39 is 0 Å². The quantitative estimate of drug-likeness (QED) is 0.505. The zero-order valence-electron chi connectivity index (χ0n) is 16.7. The average molecular weight is 422 g/mol. The Kier molecular flexibility index (Phi) is 6.23. The van der Waals surface area contributed by atoms with Crippen molar-refractivity contribution in [1.29, 1.82) is 0 Å². The molecule has 3 aromatic carbocycles. The van der Waals surface area contributed by atoms with Crippen molar-refractivity contribution in [3.05, 3.63) is 102 Å². The second-order valence-electron chi connectivity index (χ2n) is 7.52. The van der Waals surface area contributed by atoms with E-state index in [0.717, 1.165) is 17.2 Å². The molecular weight excluding hydrogens is 394 g/mol. The highest BCUT2D eigenvalue weighted by Crippen LogP contribution is 2.50. The standard InChI is InChI=1S/C25H27NOS2/c1-24(20-9-4-2-5-10-20,21-11-6-3-7-12-21)26-23-15-13-22(14-16-23)25(19-27)28-17-8-18-29-25/h2-7,9-16,26-27H,8,17-19H2,1H3. The van der Waals surface area contributed by atoms with Gasteiger partial charge in [-0.15, -0.1) is 23.5 Å². The van der Waals surface area contributed by atoms with Gasteiger partial charge in [0, 0.05) is 5.69 Å². The van der Waals surface area contributed by atoms with Gasteiger partial charge >= 0.3 is 0 Å². The van der Waals surface area contributed by atoms with Gasteiger partial charge in [0.2, 0.25) is 0 Å². The van der Waals surface area contributed by atoms with E-state index in [9.17, 15) is 5.11 Å². The molecule has 1 fully saturated rings. The van der Waals surface area contributed by atoms with Crippen LogP contribution in [0.1, 0.15) is 30.0 Å². The van der Waals surface area contributed by atoms with Crippen LogP contribution in [-0.4, -0.2) is 23.2 Å². The Bertz CT molecular complexity index is 867. The molecule has 0 saturated carbocycles. The summed E-state index contributed by atoms with van der Waals surface area (Å²) in [6.45, 7) is 2.40. The monoisotopic (exact) mass is 421 g/mol. The van der Waals surface area contributed by atoms with Crippen molar-refractivity contribution < 1.29 is 5.11 Å². The molecular formula is C25H27NOS2. The highest BCUT2D eigenvalue weighted by Gasteiger charge is 2.35. The van der Waals surface area contributed by atoms with E-state index in [-0.39, 0.29) is 16.2 Å². The van der Waals surface area contributed by atoms with E-state index in [1.165, 1.54) is 23.1 Å². The normalized spacial score (nSPS) is 16.3. The molecule has 1 aliphatic rings. The Labute approximate surface area is 182 Å². The molecule has 0 amide bonds. The van der Waals surface area contributed by atoms with E-state index in [2.05, 4.69) is 97.2 Å². The number of benzene rings is 3. The third-order valence-electron chi connectivity index (χ3n) is 5.59. The van der Waals surface area contributed by atoms with E-state index in [4.69, 9.17) is 0 Å². The predicted octanol–water partition coefficient (Wildman–Crippen LogP) is 6.08. The molecule has 1 aliphatic heterocycles. The summed E-state index contributed by atoms with van der Waals surface area (Å²) in [5, 5.41) is 13.9. The Morgan fingerprint density at radius 2 is 1.34 bits per heavy atom. The number of aliphatic hydroxyl groups is 1. The maximum Gasteiger partial charge on any atom is 0.109 e. The third kappa shape index (κ3) is 4.20. The van der Waals surface area contributed by atoms with E-state index in [0.29, 0.717) is 0 Å². The summed E-state index contributed by atoms with van der Waals surface area (Å²) >= 11 is 3.74. The first kappa shape index (κ1) is 20.4. The van der Waals surface area contributed by atoms with Crippen LogP contribution in [0.15, 0.2) is 84.9 Å². The second-order valence-corrected chi connectivity index (χ2v) is 10.6. The SMILES string of the molecule is CC(Nc1ccc(C2(CO)SCCCS2)cc1)(c1ccccc1)c1ccccc1. The zero-order chi connectivity index (χ0) is 20.2. The topological polar surface area (TPSA) is 32.3 Å². The van der Waals surface area contributed by atoms with Crippen molar-refractivity contribution in [2.75, 3.05) is 23.4 Å². The molecule has 3 aromatic rings. The molecule has 150 valence electrons. The molecule has 0 radical (unpaired) electrons. The van der Waals surface area contributed by atoms with Crippen LogP contribution < -0.4 is 5.32 Å². The summed E-state index contributed by atoms with van der Waals surface area (Å²) in [6.07, 6.45) is 1.21. The van der Waals surface area contributed by atoms with Gasteiger partial charge in [-0.1, -0.05) is 72.8 Å². The molecule has 0 aliphatic carbocycles. The number of aliphatic hydroxyl groups excluding tert-OH is 1. The zero-order valence-corrected chi connectivity index (χ0v) is 18.3. The van der Waals surface area contributed by atoms with Crippen molar-refractivity contribution in [2.24, 2.45) is 0 Å². The Morgan fingerprint density at radius 1 is 0.828 bits per heavy atom. The number of hydrogen-bond acceptors (Lipinski definition) is 4.